The van der Waals surface area contributed by atoms with E-state index in [0.29, 0.717) is 54.1 Å². The number of fused-ring (bicyclic) bond motifs is 1. The van der Waals surface area contributed by atoms with Crippen LogP contribution in [0.4, 0.5) is 10.5 Å². The van der Waals surface area contributed by atoms with Crippen LogP contribution in [0.5, 0.6) is 0 Å². The van der Waals surface area contributed by atoms with Crippen LogP contribution in [0.2, 0.25) is 5.02 Å². The van der Waals surface area contributed by atoms with Gasteiger partial charge >= 0.3 is 11.8 Å². The summed E-state index contributed by atoms with van der Waals surface area (Å²) in [7, 11) is 1.56. The zero-order valence-electron chi connectivity index (χ0n) is 24.8. The fourth-order valence-corrected chi connectivity index (χ4v) is 4.77. The number of carbonyl (C=O) groups excluding carboxylic acids is 1. The summed E-state index contributed by atoms with van der Waals surface area (Å²) in [6.07, 6.45) is 1.60. The molecule has 11 nitrogen and oxygen atoms in total. The van der Waals surface area contributed by atoms with Gasteiger partial charge in [-0.15, -0.1) is 10.2 Å². The molecule has 0 radical (unpaired) electrons. The molecule has 41 heavy (non-hydrogen) atoms. The van der Waals surface area contributed by atoms with Gasteiger partial charge in [-0.3, -0.25) is 9.56 Å². The number of aromatic nitrogens is 4. The number of amides is 1. The maximum atomic E-state index is 14.1. The molecule has 2 aromatic heterocycles. The van der Waals surface area contributed by atoms with Gasteiger partial charge in [0.2, 0.25) is 0 Å². The first-order valence-corrected chi connectivity index (χ1v) is 13.8. The van der Waals surface area contributed by atoms with E-state index in [4.69, 9.17) is 21.1 Å². The Kier molecular flexibility index (Phi) is 8.60. The van der Waals surface area contributed by atoms with Crippen LogP contribution in [0.15, 0.2) is 39.7 Å². The number of methoxy groups -OCH3 is 1. The van der Waals surface area contributed by atoms with Gasteiger partial charge in [-0.1, -0.05) is 23.7 Å². The van der Waals surface area contributed by atoms with E-state index in [1.165, 1.54) is 4.40 Å². The third-order valence-electron chi connectivity index (χ3n) is 7.07. The Labute approximate surface area is 245 Å². The second-order valence-corrected chi connectivity index (χ2v) is 12.0. The first-order chi connectivity index (χ1) is 19.3. The second-order valence-electron chi connectivity index (χ2n) is 11.5. The molecule has 4 rings (SSSR count). The van der Waals surface area contributed by atoms with Crippen molar-refractivity contribution in [2.75, 3.05) is 33.3 Å². The average Bonchev–Trinajstić information content (AvgIpc) is 3.37. The summed E-state index contributed by atoms with van der Waals surface area (Å²) in [5.74, 6) is 0.361. The molecule has 1 aliphatic rings. The first kappa shape index (κ1) is 30.3. The van der Waals surface area contributed by atoms with E-state index in [1.807, 2.05) is 59.8 Å². The number of halogens is 1. The third-order valence-corrected chi connectivity index (χ3v) is 7.32. The highest BCUT2D eigenvalue weighted by molar-refractivity contribution is 6.30. The van der Waals surface area contributed by atoms with Crippen molar-refractivity contribution in [2.45, 2.75) is 59.3 Å². The van der Waals surface area contributed by atoms with Gasteiger partial charge in [-0.05, 0) is 72.0 Å². The number of rotatable bonds is 7. The number of ether oxygens (including phenoxy) is 2. The monoisotopic (exact) mass is 583 g/mol. The van der Waals surface area contributed by atoms with Crippen molar-refractivity contribution in [1.29, 1.82) is 0 Å². The van der Waals surface area contributed by atoms with Crippen LogP contribution >= 0.6 is 11.6 Å². The molecule has 0 saturated carbocycles. The maximum Gasteiger partial charge on any atom is 0.410 e. The van der Waals surface area contributed by atoms with E-state index in [9.17, 15) is 9.59 Å². The van der Waals surface area contributed by atoms with Crippen molar-refractivity contribution >= 4 is 41.8 Å². The number of hydrogen-bond acceptors (Lipinski definition) is 8. The van der Waals surface area contributed by atoms with Crippen LogP contribution in [0.25, 0.3) is 11.7 Å². The van der Waals surface area contributed by atoms with Crippen LogP contribution in [-0.4, -0.2) is 80.7 Å². The van der Waals surface area contributed by atoms with Crippen molar-refractivity contribution in [1.82, 2.24) is 29.0 Å². The van der Waals surface area contributed by atoms with E-state index in [-0.39, 0.29) is 18.3 Å². The van der Waals surface area contributed by atoms with E-state index in [0.717, 1.165) is 11.3 Å². The molecule has 0 N–H and O–H groups in total. The van der Waals surface area contributed by atoms with Crippen LogP contribution in [0.3, 0.4) is 0 Å². The Balaban J connectivity index is 1.78. The minimum absolute atomic E-state index is 0.255. The molecule has 3 aromatic rings. The molecule has 3 heterocycles. The lowest BCUT2D eigenvalue weighted by Crippen LogP contribution is -2.49. The molecule has 1 amide bonds. The standard InChI is InChI=1S/C29H38ClN7O4/c1-19(34-13-15-35(16-14-34)27(39)41-28(2,3)4)17-22-23(31-7)24-32-33-25(29(5,6)40-8)37(24)26(38)36(22)18-20-9-11-21(30)12-10-20/h9-12,17H,7,13-16,18H2,1-6,8H3/b19-17+. The van der Waals surface area contributed by atoms with Crippen molar-refractivity contribution in [3.05, 3.63) is 62.6 Å². The number of hydrogen-bond donors (Lipinski definition) is 0. The smallest absolute Gasteiger partial charge is 0.410 e. The molecule has 0 aliphatic carbocycles. The van der Waals surface area contributed by atoms with Crippen LogP contribution < -0.4 is 5.69 Å². The lowest BCUT2D eigenvalue weighted by Gasteiger charge is -2.37. The Hall–Kier alpha value is -3.70. The molecule has 1 aliphatic heterocycles. The SMILES string of the molecule is C=Nc1c(/C=C(\C)N2CCN(C(=O)OC(C)(C)C)CC2)n(Cc2ccc(Cl)cc2)c(=O)n2c(C(C)(C)OC)nnc12. The Morgan fingerprint density at radius 3 is 2.24 bits per heavy atom. The van der Waals surface area contributed by atoms with Gasteiger partial charge in [0.25, 0.3) is 0 Å². The maximum absolute atomic E-state index is 14.1. The highest BCUT2D eigenvalue weighted by Gasteiger charge is 2.31. The summed E-state index contributed by atoms with van der Waals surface area (Å²) < 4.78 is 14.2. The normalized spacial score (nSPS) is 15.0. The molecule has 0 bridgehead atoms. The number of nitrogens with zero attached hydrogens (tertiary/aromatic N) is 7. The molecule has 0 spiro atoms. The lowest BCUT2D eigenvalue weighted by molar-refractivity contribution is 0.0103. The molecule has 0 atom stereocenters. The Morgan fingerprint density at radius 1 is 1.07 bits per heavy atom. The number of aliphatic imine (C=N–C) groups is 1. The topological polar surface area (TPSA) is 107 Å². The quantitative estimate of drug-likeness (QED) is 0.370. The Morgan fingerprint density at radius 2 is 1.68 bits per heavy atom. The van der Waals surface area contributed by atoms with Gasteiger partial charge in [-0.2, -0.15) is 0 Å². The number of benzene rings is 1. The van der Waals surface area contributed by atoms with E-state index in [1.54, 1.807) is 28.7 Å². The molecule has 1 fully saturated rings. The van der Waals surface area contributed by atoms with Crippen LogP contribution in [0.1, 0.15) is 58.6 Å². The van der Waals surface area contributed by atoms with Crippen LogP contribution in [0, 0.1) is 0 Å². The molecule has 0 unspecified atom stereocenters. The summed E-state index contributed by atoms with van der Waals surface area (Å²) in [5.41, 5.74) is 1.30. The summed E-state index contributed by atoms with van der Waals surface area (Å²) in [6.45, 7) is 17.5. The number of piperazine rings is 1. The van der Waals surface area contributed by atoms with Gasteiger partial charge in [0.15, 0.2) is 11.5 Å². The summed E-state index contributed by atoms with van der Waals surface area (Å²) >= 11 is 6.12. The predicted molar refractivity (Wildman–Crippen MR) is 160 cm³/mol. The molecule has 1 aromatic carbocycles. The van der Waals surface area contributed by atoms with Gasteiger partial charge in [0.1, 0.15) is 16.9 Å². The van der Waals surface area contributed by atoms with Gasteiger partial charge in [0, 0.05) is 44.0 Å². The number of allylic oxidation sites excluding steroid dienone is 1. The Bertz CT molecular complexity index is 1530. The molecule has 220 valence electrons. The van der Waals surface area contributed by atoms with Crippen LogP contribution in [-0.2, 0) is 21.6 Å². The minimum Gasteiger partial charge on any atom is -0.444 e. The molecule has 1 saturated heterocycles. The van der Waals surface area contributed by atoms with Gasteiger partial charge < -0.3 is 19.3 Å². The van der Waals surface area contributed by atoms with Crippen molar-refractivity contribution in [2.24, 2.45) is 4.99 Å². The largest absolute Gasteiger partial charge is 0.444 e. The second kappa shape index (κ2) is 11.7. The molecular weight excluding hydrogens is 546 g/mol. The van der Waals surface area contributed by atoms with E-state index in [2.05, 4.69) is 26.8 Å². The third kappa shape index (κ3) is 6.46. The summed E-state index contributed by atoms with van der Waals surface area (Å²) in [5, 5.41) is 9.25. The zero-order valence-corrected chi connectivity index (χ0v) is 25.5. The van der Waals surface area contributed by atoms with Gasteiger partial charge in [-0.25, -0.2) is 14.0 Å². The van der Waals surface area contributed by atoms with Crippen molar-refractivity contribution < 1.29 is 14.3 Å². The minimum atomic E-state index is -0.879. The predicted octanol–water partition coefficient (Wildman–Crippen LogP) is 4.72. The molecule has 12 heteroatoms. The first-order valence-electron chi connectivity index (χ1n) is 13.5. The van der Waals surface area contributed by atoms with E-state index >= 15 is 0 Å². The van der Waals surface area contributed by atoms with Crippen molar-refractivity contribution in [3.63, 3.8) is 0 Å². The summed E-state index contributed by atoms with van der Waals surface area (Å²) in [6, 6.07) is 7.33. The highest BCUT2D eigenvalue weighted by atomic mass is 35.5. The fraction of sp³-hybridized carbons (Fsp3) is 0.483. The zero-order chi connectivity index (χ0) is 30.1. The molecular formula is C29H38ClN7O4. The highest BCUT2D eigenvalue weighted by Crippen LogP contribution is 2.30. The average molecular weight is 584 g/mol. The fourth-order valence-electron chi connectivity index (χ4n) is 4.65. The lowest BCUT2D eigenvalue weighted by atomic mass is 10.1. The van der Waals surface area contributed by atoms with Gasteiger partial charge in [0.05, 0.1) is 12.2 Å². The number of carbonyl (C=O) groups is 1. The van der Waals surface area contributed by atoms with Crippen molar-refractivity contribution in [3.8, 4) is 0 Å². The summed E-state index contributed by atoms with van der Waals surface area (Å²) in [4.78, 5) is 34.9. The van der Waals surface area contributed by atoms with E-state index < -0.39 is 11.2 Å².